The quantitative estimate of drug-likeness (QED) is 0.479. The second-order valence-corrected chi connectivity index (χ2v) is 7.94. The second kappa shape index (κ2) is 8.16. The van der Waals surface area contributed by atoms with E-state index < -0.39 is 0 Å². The Morgan fingerprint density at radius 1 is 1.09 bits per heavy atom. The number of nitrogens with zero attached hydrogens (tertiary/aromatic N) is 5. The maximum absolute atomic E-state index is 12.9. The first-order valence-electron chi connectivity index (χ1n) is 10.6. The van der Waals surface area contributed by atoms with E-state index in [4.69, 9.17) is 14.2 Å². The molecule has 5 rings (SSSR count). The number of aromatic nitrogens is 5. The summed E-state index contributed by atoms with van der Waals surface area (Å²) in [5, 5.41) is 4.30. The number of hydrogen-bond acceptors (Lipinski definition) is 6. The average molecular weight is 435 g/mol. The molecule has 0 unspecified atom stereocenters. The number of methoxy groups -OCH3 is 1. The van der Waals surface area contributed by atoms with Crippen LogP contribution in [-0.2, 0) is 18.8 Å². The third-order valence-electron chi connectivity index (χ3n) is 5.88. The fourth-order valence-corrected chi connectivity index (χ4v) is 4.13. The molecule has 0 N–H and O–H groups in total. The van der Waals surface area contributed by atoms with Crippen LogP contribution in [0.25, 0.3) is 16.6 Å². The summed E-state index contributed by atoms with van der Waals surface area (Å²) in [6.07, 6.45) is 7.18. The molecule has 0 spiro atoms. The van der Waals surface area contributed by atoms with Crippen LogP contribution >= 0.6 is 0 Å². The van der Waals surface area contributed by atoms with E-state index in [0.29, 0.717) is 36.2 Å². The van der Waals surface area contributed by atoms with Crippen molar-refractivity contribution in [2.75, 3.05) is 20.3 Å². The van der Waals surface area contributed by atoms with Crippen LogP contribution < -0.4 is 15.0 Å². The Morgan fingerprint density at radius 3 is 2.56 bits per heavy atom. The Morgan fingerprint density at radius 2 is 1.84 bits per heavy atom. The van der Waals surface area contributed by atoms with Crippen molar-refractivity contribution in [3.05, 3.63) is 59.0 Å². The van der Waals surface area contributed by atoms with Crippen LogP contribution in [0.15, 0.2) is 47.7 Å². The van der Waals surface area contributed by atoms with Crippen LogP contribution in [0, 0.1) is 0 Å². The van der Waals surface area contributed by atoms with Gasteiger partial charge in [-0.1, -0.05) is 12.1 Å². The van der Waals surface area contributed by atoms with E-state index in [1.165, 1.54) is 4.57 Å². The molecule has 0 bridgehead atoms. The smallest absolute Gasteiger partial charge is 0.279 e. The van der Waals surface area contributed by atoms with Gasteiger partial charge in [0.2, 0.25) is 11.8 Å². The summed E-state index contributed by atoms with van der Waals surface area (Å²) in [5.41, 5.74) is 2.25. The Hall–Kier alpha value is -3.59. The number of imidazole rings is 1. The fraction of sp³-hybridized carbons (Fsp3) is 0.348. The normalized spacial score (nSPS) is 14.7. The Kier molecular flexibility index (Phi) is 5.18. The first-order valence-corrected chi connectivity index (χ1v) is 10.6. The van der Waals surface area contributed by atoms with Crippen molar-refractivity contribution in [3.63, 3.8) is 0 Å². The van der Waals surface area contributed by atoms with E-state index in [1.54, 1.807) is 25.0 Å². The molecule has 1 aromatic carbocycles. The lowest BCUT2D eigenvalue weighted by molar-refractivity contribution is 0.0834. The van der Waals surface area contributed by atoms with Crippen molar-refractivity contribution in [3.8, 4) is 28.6 Å². The van der Waals surface area contributed by atoms with Crippen molar-refractivity contribution in [2.45, 2.75) is 18.8 Å². The molecule has 1 saturated heterocycles. The van der Waals surface area contributed by atoms with Gasteiger partial charge in [-0.15, -0.1) is 5.10 Å². The second-order valence-electron chi connectivity index (χ2n) is 7.94. The standard InChI is InChI=1S/C23H25N5O4/c1-26-13-18(22(25-26)30-3)15-4-6-17(7-5-15)32-20-14-28-19(23(29)27(20)2)12-24-21(28)16-8-10-31-11-9-16/h4-7,12-14,16H,8-11H2,1-3H3. The van der Waals surface area contributed by atoms with Crippen molar-refractivity contribution < 1.29 is 14.2 Å². The zero-order valence-corrected chi connectivity index (χ0v) is 18.3. The molecule has 9 heteroatoms. The molecule has 4 heterocycles. The van der Waals surface area contributed by atoms with E-state index in [9.17, 15) is 4.79 Å². The summed E-state index contributed by atoms with van der Waals surface area (Å²) in [5.74, 6) is 2.78. The van der Waals surface area contributed by atoms with Crippen molar-refractivity contribution in [2.24, 2.45) is 14.1 Å². The number of benzene rings is 1. The zero-order chi connectivity index (χ0) is 22.2. The number of hydrogen-bond donors (Lipinski definition) is 0. The summed E-state index contributed by atoms with van der Waals surface area (Å²) < 4.78 is 22.0. The van der Waals surface area contributed by atoms with E-state index in [-0.39, 0.29) is 11.5 Å². The molecule has 0 atom stereocenters. The highest BCUT2D eigenvalue weighted by Gasteiger charge is 2.22. The molecule has 9 nitrogen and oxygen atoms in total. The van der Waals surface area contributed by atoms with Gasteiger partial charge in [0.05, 0.1) is 25.1 Å². The highest BCUT2D eigenvalue weighted by Crippen LogP contribution is 2.31. The zero-order valence-electron chi connectivity index (χ0n) is 18.3. The molecule has 0 saturated carbocycles. The van der Waals surface area contributed by atoms with E-state index in [1.807, 2.05) is 48.1 Å². The Bertz CT molecular complexity index is 1310. The van der Waals surface area contributed by atoms with Gasteiger partial charge in [-0.05, 0) is 30.5 Å². The molecule has 0 amide bonds. The number of ether oxygens (including phenoxy) is 3. The van der Waals surface area contributed by atoms with Gasteiger partial charge >= 0.3 is 0 Å². The molecule has 0 radical (unpaired) electrons. The van der Waals surface area contributed by atoms with Crippen LogP contribution in [0.4, 0.5) is 0 Å². The first kappa shape index (κ1) is 20.3. The molecule has 1 fully saturated rings. The van der Waals surface area contributed by atoms with Gasteiger partial charge in [-0.25, -0.2) is 4.98 Å². The van der Waals surface area contributed by atoms with Gasteiger partial charge in [0, 0.05) is 39.4 Å². The van der Waals surface area contributed by atoms with Crippen LogP contribution in [0.1, 0.15) is 24.6 Å². The lowest BCUT2D eigenvalue weighted by Gasteiger charge is -2.21. The summed E-state index contributed by atoms with van der Waals surface area (Å²) in [6, 6.07) is 7.61. The summed E-state index contributed by atoms with van der Waals surface area (Å²) in [6.45, 7) is 1.42. The van der Waals surface area contributed by atoms with Gasteiger partial charge in [-0.3, -0.25) is 18.4 Å². The monoisotopic (exact) mass is 435 g/mol. The largest absolute Gasteiger partial charge is 0.479 e. The summed E-state index contributed by atoms with van der Waals surface area (Å²) in [4.78, 5) is 17.5. The van der Waals surface area contributed by atoms with E-state index in [2.05, 4.69) is 10.1 Å². The topological polar surface area (TPSA) is 84.8 Å². The van der Waals surface area contributed by atoms with Gasteiger partial charge in [0.1, 0.15) is 17.1 Å². The number of fused-ring (bicyclic) bond motifs is 1. The lowest BCUT2D eigenvalue weighted by Crippen LogP contribution is -2.22. The van der Waals surface area contributed by atoms with E-state index in [0.717, 1.165) is 29.8 Å². The third kappa shape index (κ3) is 3.54. The van der Waals surface area contributed by atoms with Gasteiger partial charge in [0.15, 0.2) is 0 Å². The molecule has 4 aromatic rings. The molecule has 1 aliphatic rings. The minimum absolute atomic E-state index is 0.148. The number of aryl methyl sites for hydroxylation is 1. The molecule has 166 valence electrons. The third-order valence-corrected chi connectivity index (χ3v) is 5.88. The van der Waals surface area contributed by atoms with Gasteiger partial charge in [0.25, 0.3) is 5.56 Å². The molecule has 0 aliphatic carbocycles. The maximum atomic E-state index is 12.9. The summed E-state index contributed by atoms with van der Waals surface area (Å²) in [7, 11) is 5.16. The minimum Gasteiger partial charge on any atom is -0.479 e. The molecule has 3 aromatic heterocycles. The lowest BCUT2D eigenvalue weighted by atomic mass is 10.00. The van der Waals surface area contributed by atoms with Crippen LogP contribution in [0.3, 0.4) is 0 Å². The fourth-order valence-electron chi connectivity index (χ4n) is 4.13. The van der Waals surface area contributed by atoms with Crippen molar-refractivity contribution >= 4 is 5.52 Å². The Balaban J connectivity index is 1.47. The molecule has 32 heavy (non-hydrogen) atoms. The highest BCUT2D eigenvalue weighted by atomic mass is 16.5. The average Bonchev–Trinajstić information content (AvgIpc) is 3.41. The molecular formula is C23H25N5O4. The van der Waals surface area contributed by atoms with E-state index >= 15 is 0 Å². The van der Waals surface area contributed by atoms with Crippen LogP contribution in [0.2, 0.25) is 0 Å². The van der Waals surface area contributed by atoms with Crippen LogP contribution in [-0.4, -0.2) is 44.1 Å². The predicted octanol–water partition coefficient (Wildman–Crippen LogP) is 3.13. The van der Waals surface area contributed by atoms with Crippen molar-refractivity contribution in [1.82, 2.24) is 23.7 Å². The molecular weight excluding hydrogens is 410 g/mol. The first-order chi connectivity index (χ1) is 15.5. The highest BCUT2D eigenvalue weighted by molar-refractivity contribution is 5.68. The summed E-state index contributed by atoms with van der Waals surface area (Å²) >= 11 is 0. The number of rotatable bonds is 5. The molecule has 1 aliphatic heterocycles. The Labute approximate surface area is 184 Å². The van der Waals surface area contributed by atoms with Gasteiger partial charge < -0.3 is 14.2 Å². The van der Waals surface area contributed by atoms with Gasteiger partial charge in [-0.2, -0.15) is 0 Å². The van der Waals surface area contributed by atoms with Crippen molar-refractivity contribution in [1.29, 1.82) is 0 Å². The minimum atomic E-state index is -0.148. The predicted molar refractivity (Wildman–Crippen MR) is 118 cm³/mol. The van der Waals surface area contributed by atoms with Crippen LogP contribution in [0.5, 0.6) is 17.5 Å². The SMILES string of the molecule is COc1nn(C)cc1-c1ccc(Oc2cn3c(C4CCOCC4)ncc3c(=O)n2C)cc1. The maximum Gasteiger partial charge on any atom is 0.279 e.